The van der Waals surface area contributed by atoms with E-state index in [1.165, 1.54) is 0 Å². The molecule has 4 rings (SSSR count). The monoisotopic (exact) mass is 334 g/mol. The van der Waals surface area contributed by atoms with Gasteiger partial charge in [-0.2, -0.15) is 0 Å². The van der Waals surface area contributed by atoms with Crippen LogP contribution in [0, 0.1) is 17.8 Å². The molecule has 1 aliphatic carbocycles. The predicted molar refractivity (Wildman–Crippen MR) is 97.8 cm³/mol. The molecule has 1 saturated carbocycles. The summed E-state index contributed by atoms with van der Waals surface area (Å²) in [4.78, 5) is 22.7. The van der Waals surface area contributed by atoms with E-state index in [1.807, 2.05) is 30.5 Å². The maximum atomic E-state index is 11.9. The van der Waals surface area contributed by atoms with Crippen molar-refractivity contribution < 1.29 is 4.79 Å². The van der Waals surface area contributed by atoms with E-state index >= 15 is 0 Å². The zero-order valence-electron chi connectivity index (χ0n) is 14.1. The van der Waals surface area contributed by atoms with Gasteiger partial charge in [-0.25, -0.2) is 4.98 Å². The Labute approximate surface area is 147 Å². The number of rotatable bonds is 6. The van der Waals surface area contributed by atoms with Crippen molar-refractivity contribution in [3.8, 4) is 0 Å². The van der Waals surface area contributed by atoms with Gasteiger partial charge in [-0.05, 0) is 54.0 Å². The summed E-state index contributed by atoms with van der Waals surface area (Å²) in [5.74, 6) is 3.34. The number of pyridine rings is 2. The fourth-order valence-electron chi connectivity index (χ4n) is 3.87. The molecule has 1 aliphatic heterocycles. The Morgan fingerprint density at radius 3 is 2.80 bits per heavy atom. The van der Waals surface area contributed by atoms with Crippen LogP contribution in [0.15, 0.2) is 55.0 Å². The van der Waals surface area contributed by atoms with Crippen molar-refractivity contribution in [1.82, 2.24) is 15.3 Å². The molecule has 5 nitrogen and oxygen atoms in total. The van der Waals surface area contributed by atoms with Crippen LogP contribution in [-0.4, -0.2) is 35.5 Å². The van der Waals surface area contributed by atoms with Gasteiger partial charge in [0.15, 0.2) is 0 Å². The van der Waals surface area contributed by atoms with Gasteiger partial charge in [0.2, 0.25) is 5.91 Å². The first-order valence-electron chi connectivity index (χ1n) is 8.83. The maximum absolute atomic E-state index is 11.9. The van der Waals surface area contributed by atoms with Gasteiger partial charge in [0.1, 0.15) is 5.82 Å². The standard InChI is InChI=1S/C20H22N4O/c25-20(7-6-15-4-3-9-21-12-15)23-11-8-16-17-13-24(14-18(16)17)19-5-1-2-10-22-19/h1-7,9-10,12,16-18H,8,11,13-14H2,(H,23,25)/b7-6+/t16?,17-,18+. The molecule has 2 fully saturated rings. The Kier molecular flexibility index (Phi) is 4.46. The summed E-state index contributed by atoms with van der Waals surface area (Å²) >= 11 is 0. The number of aromatic nitrogens is 2. The summed E-state index contributed by atoms with van der Waals surface area (Å²) < 4.78 is 0. The van der Waals surface area contributed by atoms with Gasteiger partial charge in [-0.3, -0.25) is 9.78 Å². The lowest BCUT2D eigenvalue weighted by Crippen LogP contribution is -2.27. The van der Waals surface area contributed by atoms with Gasteiger partial charge in [0.05, 0.1) is 0 Å². The number of carbonyl (C=O) groups excluding carboxylic acids is 1. The second-order valence-corrected chi connectivity index (χ2v) is 6.78. The summed E-state index contributed by atoms with van der Waals surface area (Å²) in [5.41, 5.74) is 0.934. The first kappa shape index (κ1) is 15.8. The fourth-order valence-corrected chi connectivity index (χ4v) is 3.87. The molecule has 25 heavy (non-hydrogen) atoms. The number of piperidine rings is 1. The molecule has 0 aromatic carbocycles. The predicted octanol–water partition coefficient (Wildman–Crippen LogP) is 2.38. The first-order chi connectivity index (χ1) is 12.3. The molecule has 2 aromatic heterocycles. The average molecular weight is 334 g/mol. The maximum Gasteiger partial charge on any atom is 0.244 e. The van der Waals surface area contributed by atoms with E-state index in [1.54, 1.807) is 24.5 Å². The fraction of sp³-hybridized carbons (Fsp3) is 0.350. The van der Waals surface area contributed by atoms with Crippen molar-refractivity contribution >= 4 is 17.8 Å². The summed E-state index contributed by atoms with van der Waals surface area (Å²) in [7, 11) is 0. The SMILES string of the molecule is O=C(/C=C/c1cccnc1)NCCC1[C@H]2CN(c3ccccn3)C[C@@H]12. The highest BCUT2D eigenvalue weighted by atomic mass is 16.1. The van der Waals surface area contributed by atoms with E-state index < -0.39 is 0 Å². The smallest absolute Gasteiger partial charge is 0.244 e. The van der Waals surface area contributed by atoms with Crippen molar-refractivity contribution in [1.29, 1.82) is 0 Å². The number of nitrogens with one attached hydrogen (secondary N) is 1. The molecule has 1 unspecified atom stereocenters. The first-order valence-corrected chi connectivity index (χ1v) is 8.83. The summed E-state index contributed by atoms with van der Waals surface area (Å²) in [6.45, 7) is 2.94. The van der Waals surface area contributed by atoms with Crippen LogP contribution in [0.5, 0.6) is 0 Å². The Morgan fingerprint density at radius 2 is 2.08 bits per heavy atom. The van der Waals surface area contributed by atoms with Crippen LogP contribution in [0.2, 0.25) is 0 Å². The number of amides is 1. The zero-order chi connectivity index (χ0) is 17.1. The van der Waals surface area contributed by atoms with E-state index in [9.17, 15) is 4.79 Å². The summed E-state index contributed by atoms with van der Waals surface area (Å²) in [6.07, 6.45) is 9.75. The number of nitrogens with zero attached hydrogens (tertiary/aromatic N) is 3. The van der Waals surface area contributed by atoms with Crippen molar-refractivity contribution in [3.05, 3.63) is 60.6 Å². The van der Waals surface area contributed by atoms with Gasteiger partial charge in [-0.15, -0.1) is 0 Å². The molecular formula is C20H22N4O. The molecular weight excluding hydrogens is 312 g/mol. The summed E-state index contributed by atoms with van der Waals surface area (Å²) in [5, 5.41) is 2.98. The minimum atomic E-state index is -0.0372. The molecule has 2 aliphatic rings. The molecule has 1 saturated heterocycles. The van der Waals surface area contributed by atoms with Crippen LogP contribution in [0.3, 0.4) is 0 Å². The number of hydrogen-bond donors (Lipinski definition) is 1. The zero-order valence-corrected chi connectivity index (χ0v) is 14.1. The Morgan fingerprint density at radius 1 is 1.20 bits per heavy atom. The highest BCUT2D eigenvalue weighted by Gasteiger charge is 2.55. The molecule has 3 atom stereocenters. The number of anilines is 1. The molecule has 1 N–H and O–H groups in total. The van der Waals surface area contributed by atoms with Crippen LogP contribution in [0.25, 0.3) is 6.08 Å². The van der Waals surface area contributed by atoms with Gasteiger partial charge >= 0.3 is 0 Å². The largest absolute Gasteiger partial charge is 0.356 e. The molecule has 2 aromatic rings. The molecule has 128 valence electrons. The lowest BCUT2D eigenvalue weighted by Gasteiger charge is -2.20. The average Bonchev–Trinajstić information content (AvgIpc) is 3.11. The highest BCUT2D eigenvalue weighted by molar-refractivity contribution is 5.91. The quantitative estimate of drug-likeness (QED) is 0.824. The van der Waals surface area contributed by atoms with Crippen molar-refractivity contribution in [2.75, 3.05) is 24.5 Å². The third kappa shape index (κ3) is 3.71. The van der Waals surface area contributed by atoms with E-state index in [0.29, 0.717) is 0 Å². The highest BCUT2D eigenvalue weighted by Crippen LogP contribution is 2.53. The van der Waals surface area contributed by atoms with Gasteiger partial charge in [0, 0.05) is 44.3 Å². The van der Waals surface area contributed by atoms with Crippen LogP contribution in [-0.2, 0) is 4.79 Å². The van der Waals surface area contributed by atoms with Crippen molar-refractivity contribution in [3.63, 3.8) is 0 Å². The van der Waals surface area contributed by atoms with Crippen LogP contribution >= 0.6 is 0 Å². The second-order valence-electron chi connectivity index (χ2n) is 6.78. The van der Waals surface area contributed by atoms with E-state index in [4.69, 9.17) is 0 Å². The normalized spacial score (nSPS) is 24.3. The molecule has 5 heteroatoms. The van der Waals surface area contributed by atoms with Crippen molar-refractivity contribution in [2.24, 2.45) is 17.8 Å². The number of fused-ring (bicyclic) bond motifs is 1. The third-order valence-corrected chi connectivity index (χ3v) is 5.23. The van der Waals surface area contributed by atoms with Crippen LogP contribution in [0.1, 0.15) is 12.0 Å². The Bertz CT molecular complexity index is 735. The molecule has 0 bridgehead atoms. The minimum Gasteiger partial charge on any atom is -0.356 e. The molecule has 0 radical (unpaired) electrons. The summed E-state index contributed by atoms with van der Waals surface area (Å²) in [6, 6.07) is 9.86. The molecule has 0 spiro atoms. The van der Waals surface area contributed by atoms with E-state index in [2.05, 4.69) is 26.3 Å². The molecule has 3 heterocycles. The topological polar surface area (TPSA) is 58.1 Å². The van der Waals surface area contributed by atoms with Gasteiger partial charge in [-0.1, -0.05) is 12.1 Å². The Balaban J connectivity index is 1.17. The lowest BCUT2D eigenvalue weighted by molar-refractivity contribution is -0.116. The minimum absolute atomic E-state index is 0.0372. The number of hydrogen-bond acceptors (Lipinski definition) is 4. The lowest BCUT2D eigenvalue weighted by atomic mass is 10.2. The number of carbonyl (C=O) groups is 1. The van der Waals surface area contributed by atoms with E-state index in [-0.39, 0.29) is 5.91 Å². The third-order valence-electron chi connectivity index (χ3n) is 5.23. The van der Waals surface area contributed by atoms with Crippen LogP contribution in [0.4, 0.5) is 5.82 Å². The van der Waals surface area contributed by atoms with Gasteiger partial charge < -0.3 is 10.2 Å². The Hall–Kier alpha value is -2.69. The van der Waals surface area contributed by atoms with Crippen LogP contribution < -0.4 is 10.2 Å². The molecule has 1 amide bonds. The van der Waals surface area contributed by atoms with E-state index in [0.717, 1.165) is 55.2 Å². The van der Waals surface area contributed by atoms with Gasteiger partial charge in [0.25, 0.3) is 0 Å². The van der Waals surface area contributed by atoms with Crippen molar-refractivity contribution in [2.45, 2.75) is 6.42 Å². The second kappa shape index (κ2) is 7.05.